The summed E-state index contributed by atoms with van der Waals surface area (Å²) in [6.07, 6.45) is 0. The van der Waals surface area contributed by atoms with Crippen LogP contribution in [0.25, 0.3) is 0 Å². The van der Waals surface area contributed by atoms with Gasteiger partial charge in [0.25, 0.3) is 10.0 Å². The Bertz CT molecular complexity index is 828. The Labute approximate surface area is 151 Å². The zero-order valence-corrected chi connectivity index (χ0v) is 15.0. The van der Waals surface area contributed by atoms with Gasteiger partial charge < -0.3 is 5.11 Å². The topological polar surface area (TPSA) is 66.4 Å². The SMILES string of the molecule is O=S(=O)(Nc1ccc(Cl)c(Cl)c1)c1c(O)c(Cl)cc(Cl)c1Cl. The molecule has 0 aliphatic heterocycles. The number of anilines is 1. The molecule has 0 amide bonds. The van der Waals surface area contributed by atoms with Crippen molar-refractivity contribution in [1.29, 1.82) is 0 Å². The van der Waals surface area contributed by atoms with Gasteiger partial charge in [-0.2, -0.15) is 0 Å². The molecule has 0 fully saturated rings. The van der Waals surface area contributed by atoms with E-state index in [1.807, 2.05) is 0 Å². The van der Waals surface area contributed by atoms with Crippen LogP contribution in [-0.4, -0.2) is 13.5 Å². The molecule has 10 heteroatoms. The number of benzene rings is 2. The first-order valence-electron chi connectivity index (χ1n) is 5.48. The second-order valence-electron chi connectivity index (χ2n) is 4.07. The molecule has 4 nitrogen and oxygen atoms in total. The first-order chi connectivity index (χ1) is 10.1. The molecule has 22 heavy (non-hydrogen) atoms. The van der Waals surface area contributed by atoms with Gasteiger partial charge in [0, 0.05) is 0 Å². The average Bonchev–Trinajstić information content (AvgIpc) is 2.40. The Kier molecular flexibility index (Phi) is 5.27. The van der Waals surface area contributed by atoms with Gasteiger partial charge >= 0.3 is 0 Å². The largest absolute Gasteiger partial charge is 0.505 e. The monoisotopic (exact) mass is 419 g/mol. The van der Waals surface area contributed by atoms with Crippen LogP contribution in [0.1, 0.15) is 0 Å². The summed E-state index contributed by atoms with van der Waals surface area (Å²) in [5, 5.41) is 9.58. The molecule has 0 radical (unpaired) electrons. The fourth-order valence-electron chi connectivity index (χ4n) is 1.57. The molecule has 2 N–H and O–H groups in total. The van der Waals surface area contributed by atoms with Crippen molar-refractivity contribution >= 4 is 73.7 Å². The van der Waals surface area contributed by atoms with E-state index in [0.29, 0.717) is 0 Å². The summed E-state index contributed by atoms with van der Waals surface area (Å²) < 4.78 is 27.0. The molecule has 0 aromatic heterocycles. The minimum Gasteiger partial charge on any atom is -0.505 e. The van der Waals surface area contributed by atoms with Gasteiger partial charge in [-0.15, -0.1) is 0 Å². The van der Waals surface area contributed by atoms with Crippen LogP contribution in [0.2, 0.25) is 25.1 Å². The highest BCUT2D eigenvalue weighted by Gasteiger charge is 2.27. The van der Waals surface area contributed by atoms with Crippen LogP contribution < -0.4 is 4.72 Å². The molecule has 0 heterocycles. The molecule has 0 bridgehead atoms. The first kappa shape index (κ1) is 17.8. The van der Waals surface area contributed by atoms with E-state index in [2.05, 4.69) is 4.72 Å². The maximum absolute atomic E-state index is 12.4. The number of rotatable bonds is 3. The predicted molar refractivity (Wildman–Crippen MR) is 90.4 cm³/mol. The van der Waals surface area contributed by atoms with Crippen LogP contribution >= 0.6 is 58.0 Å². The van der Waals surface area contributed by atoms with Gasteiger partial charge in [-0.3, -0.25) is 4.72 Å². The Balaban J connectivity index is 2.54. The zero-order valence-electron chi connectivity index (χ0n) is 10.4. The number of halogens is 5. The molecule has 0 aliphatic rings. The minimum absolute atomic E-state index is 0.112. The van der Waals surface area contributed by atoms with Crippen molar-refractivity contribution in [3.05, 3.63) is 49.4 Å². The zero-order chi connectivity index (χ0) is 16.7. The van der Waals surface area contributed by atoms with E-state index in [-0.39, 0.29) is 30.8 Å². The third-order valence-electron chi connectivity index (χ3n) is 2.54. The third kappa shape index (κ3) is 3.50. The molecule has 2 aromatic carbocycles. The van der Waals surface area contributed by atoms with E-state index < -0.39 is 20.7 Å². The molecule has 0 saturated carbocycles. The molecule has 2 rings (SSSR count). The third-order valence-corrected chi connectivity index (χ3v) is 5.91. The lowest BCUT2D eigenvalue weighted by molar-refractivity contribution is 0.459. The number of nitrogens with one attached hydrogen (secondary N) is 1. The van der Waals surface area contributed by atoms with Crippen molar-refractivity contribution in [2.24, 2.45) is 0 Å². The van der Waals surface area contributed by atoms with Crippen molar-refractivity contribution in [2.75, 3.05) is 4.72 Å². The van der Waals surface area contributed by atoms with Crippen LogP contribution in [0.5, 0.6) is 5.75 Å². The second kappa shape index (κ2) is 6.51. The number of hydrogen-bond acceptors (Lipinski definition) is 3. The number of sulfonamides is 1. The summed E-state index contributed by atoms with van der Waals surface area (Å²) >= 11 is 28.9. The highest BCUT2D eigenvalue weighted by molar-refractivity contribution is 7.93. The highest BCUT2D eigenvalue weighted by Crippen LogP contribution is 2.42. The summed E-state index contributed by atoms with van der Waals surface area (Å²) in [4.78, 5) is -0.627. The Hall–Kier alpha value is -0.560. The highest BCUT2D eigenvalue weighted by atomic mass is 35.5. The van der Waals surface area contributed by atoms with Crippen LogP contribution in [-0.2, 0) is 10.0 Å². The summed E-state index contributed by atoms with van der Waals surface area (Å²) in [5.41, 5.74) is 0.126. The lowest BCUT2D eigenvalue weighted by atomic mass is 10.3. The van der Waals surface area contributed by atoms with Gasteiger partial charge in [-0.25, -0.2) is 8.42 Å². The minimum atomic E-state index is -4.25. The van der Waals surface area contributed by atoms with E-state index in [1.165, 1.54) is 18.2 Å². The number of phenolic OH excluding ortho intramolecular Hbond substituents is 1. The number of hydrogen-bond donors (Lipinski definition) is 2. The van der Waals surface area contributed by atoms with E-state index in [9.17, 15) is 13.5 Å². The van der Waals surface area contributed by atoms with Gasteiger partial charge in [0.15, 0.2) is 10.6 Å². The summed E-state index contributed by atoms with van der Waals surface area (Å²) in [5.74, 6) is -0.705. The molecule has 0 atom stereocenters. The smallest absolute Gasteiger partial charge is 0.267 e. The van der Waals surface area contributed by atoms with E-state index >= 15 is 0 Å². The molecule has 2 aromatic rings. The molecule has 0 saturated heterocycles. The van der Waals surface area contributed by atoms with Gasteiger partial charge in [0.1, 0.15) is 0 Å². The maximum Gasteiger partial charge on any atom is 0.267 e. The van der Waals surface area contributed by atoms with Gasteiger partial charge in [-0.05, 0) is 24.3 Å². The van der Waals surface area contributed by atoms with Gasteiger partial charge in [0.05, 0.1) is 30.8 Å². The average molecular weight is 422 g/mol. The summed E-state index contributed by atoms with van der Waals surface area (Å²) in [6, 6.07) is 5.24. The van der Waals surface area contributed by atoms with E-state index in [1.54, 1.807) is 0 Å². The predicted octanol–water partition coefficient (Wildman–Crippen LogP) is 5.46. The molecule has 118 valence electrons. The van der Waals surface area contributed by atoms with Crippen LogP contribution in [0.4, 0.5) is 5.69 Å². The summed E-state index contributed by atoms with van der Waals surface area (Å²) in [7, 11) is -4.25. The van der Waals surface area contributed by atoms with Crippen LogP contribution in [0, 0.1) is 0 Å². The molecule has 0 spiro atoms. The molecular weight excluding hydrogens is 415 g/mol. The van der Waals surface area contributed by atoms with E-state index in [0.717, 1.165) is 6.07 Å². The Morgan fingerprint density at radius 3 is 2.09 bits per heavy atom. The number of aromatic hydroxyl groups is 1. The standard InChI is InChI=1S/C12H6Cl5NO3S/c13-6-2-1-5(3-7(6)14)18-22(20,21)12-10(17)8(15)4-9(16)11(12)19/h1-4,18-19H. The van der Waals surface area contributed by atoms with Crippen molar-refractivity contribution in [1.82, 2.24) is 0 Å². The lowest BCUT2D eigenvalue weighted by Crippen LogP contribution is -2.14. The maximum atomic E-state index is 12.4. The fraction of sp³-hybridized carbons (Fsp3) is 0. The van der Waals surface area contributed by atoms with Gasteiger partial charge in [0.2, 0.25) is 0 Å². The quantitative estimate of drug-likeness (QED) is 0.647. The fourth-order valence-corrected chi connectivity index (χ4v) is 4.15. The molecular formula is C12H6Cl5NO3S. The first-order valence-corrected chi connectivity index (χ1v) is 8.85. The van der Waals surface area contributed by atoms with Crippen LogP contribution in [0.3, 0.4) is 0 Å². The Morgan fingerprint density at radius 2 is 1.50 bits per heavy atom. The summed E-state index contributed by atoms with van der Waals surface area (Å²) in [6.45, 7) is 0. The van der Waals surface area contributed by atoms with Crippen molar-refractivity contribution in [3.8, 4) is 5.75 Å². The second-order valence-corrected chi connectivity index (χ2v) is 7.69. The van der Waals surface area contributed by atoms with Gasteiger partial charge in [-0.1, -0.05) is 58.0 Å². The normalized spacial score (nSPS) is 11.5. The van der Waals surface area contributed by atoms with Crippen molar-refractivity contribution in [2.45, 2.75) is 4.90 Å². The van der Waals surface area contributed by atoms with E-state index in [4.69, 9.17) is 58.0 Å². The Morgan fingerprint density at radius 1 is 0.864 bits per heavy atom. The number of phenols is 1. The van der Waals surface area contributed by atoms with Crippen molar-refractivity contribution in [3.63, 3.8) is 0 Å². The molecule has 0 unspecified atom stereocenters. The molecule has 0 aliphatic carbocycles. The van der Waals surface area contributed by atoms with Crippen molar-refractivity contribution < 1.29 is 13.5 Å². The van der Waals surface area contributed by atoms with Crippen LogP contribution in [0.15, 0.2) is 29.2 Å². The lowest BCUT2D eigenvalue weighted by Gasteiger charge is -2.13.